The van der Waals surface area contributed by atoms with E-state index in [2.05, 4.69) is 30.5 Å². The maximum Gasteiger partial charge on any atom is 0.183 e. The van der Waals surface area contributed by atoms with Gasteiger partial charge in [0.15, 0.2) is 5.96 Å². The molecule has 4 nitrogen and oxygen atoms in total. The van der Waals surface area contributed by atoms with Crippen LogP contribution in [0.4, 0.5) is 0 Å². The number of guanidine groups is 1. The van der Waals surface area contributed by atoms with E-state index in [1.165, 1.54) is 89.9 Å². The third kappa shape index (κ3) is 37.5. The van der Waals surface area contributed by atoms with Crippen LogP contribution < -0.4 is 17.2 Å². The molecule has 0 aliphatic rings. The van der Waals surface area contributed by atoms with Gasteiger partial charge in [-0.1, -0.05) is 76.9 Å². The largest absolute Gasteiger partial charge is 0.370 e. The number of hydrogen-bond donors (Lipinski definition) is 4. The molecule has 0 aromatic heterocycles. The number of nitrogens with two attached hydrogens (primary N) is 3. The second kappa shape index (κ2) is 27.1. The minimum atomic E-state index is -0.333. The Bertz CT molecular complexity index is 254. The molecular formula is C19H43ClN4. The van der Waals surface area contributed by atoms with Gasteiger partial charge in [-0.3, -0.25) is 5.41 Å². The Labute approximate surface area is 156 Å². The third-order valence-electron chi connectivity index (χ3n) is 3.72. The number of rotatable bonds is 15. The Hall–Kier alpha value is -0.740. The molecule has 0 radical (unpaired) electrons. The lowest BCUT2D eigenvalue weighted by molar-refractivity contribution is 0.599. The van der Waals surface area contributed by atoms with Crippen molar-refractivity contribution in [3.05, 3.63) is 12.2 Å². The first-order valence-corrected chi connectivity index (χ1v) is 9.59. The topological polar surface area (TPSA) is 102 Å². The van der Waals surface area contributed by atoms with Gasteiger partial charge in [0, 0.05) is 0 Å². The van der Waals surface area contributed by atoms with Crippen molar-refractivity contribution in [1.82, 2.24) is 0 Å². The van der Waals surface area contributed by atoms with Crippen LogP contribution in [0.25, 0.3) is 0 Å². The molecule has 0 bridgehead atoms. The van der Waals surface area contributed by atoms with E-state index in [0.717, 1.165) is 6.54 Å². The van der Waals surface area contributed by atoms with E-state index < -0.39 is 0 Å². The summed E-state index contributed by atoms with van der Waals surface area (Å²) < 4.78 is 0. The van der Waals surface area contributed by atoms with Gasteiger partial charge in [0.25, 0.3) is 0 Å². The van der Waals surface area contributed by atoms with Crippen LogP contribution in [0, 0.1) is 5.41 Å². The lowest BCUT2D eigenvalue weighted by Crippen LogP contribution is -2.20. The SMILES string of the molecule is CCCCCCCC/C=C\CCCCCCCCN.Cl.N=C(N)N. The van der Waals surface area contributed by atoms with Crippen LogP contribution in [-0.4, -0.2) is 12.5 Å². The molecule has 0 aromatic rings. The van der Waals surface area contributed by atoms with Crippen molar-refractivity contribution in [2.24, 2.45) is 17.2 Å². The second-order valence-corrected chi connectivity index (χ2v) is 6.18. The van der Waals surface area contributed by atoms with Gasteiger partial charge in [0.2, 0.25) is 0 Å². The van der Waals surface area contributed by atoms with E-state index in [4.69, 9.17) is 11.1 Å². The summed E-state index contributed by atoms with van der Waals surface area (Å²) in [6, 6.07) is 0. The monoisotopic (exact) mass is 362 g/mol. The normalized spacial score (nSPS) is 10.1. The van der Waals surface area contributed by atoms with Gasteiger partial charge in [0.05, 0.1) is 0 Å². The molecule has 0 amide bonds. The third-order valence-corrected chi connectivity index (χ3v) is 3.72. The fourth-order valence-electron chi connectivity index (χ4n) is 2.39. The van der Waals surface area contributed by atoms with E-state index in [1.54, 1.807) is 0 Å². The molecule has 0 rings (SSSR count). The highest BCUT2D eigenvalue weighted by Gasteiger charge is 1.90. The van der Waals surface area contributed by atoms with Crippen LogP contribution in [0.5, 0.6) is 0 Å². The quantitative estimate of drug-likeness (QED) is 0.138. The van der Waals surface area contributed by atoms with Gasteiger partial charge >= 0.3 is 0 Å². The average Bonchev–Trinajstić information content (AvgIpc) is 2.50. The minimum absolute atomic E-state index is 0. The molecule has 5 heteroatoms. The van der Waals surface area contributed by atoms with Crippen molar-refractivity contribution in [3.63, 3.8) is 0 Å². The average molecular weight is 363 g/mol. The highest BCUT2D eigenvalue weighted by atomic mass is 35.5. The summed E-state index contributed by atoms with van der Waals surface area (Å²) in [7, 11) is 0. The van der Waals surface area contributed by atoms with Gasteiger partial charge in [-0.05, 0) is 38.6 Å². The first kappa shape index (κ1) is 28.1. The summed E-state index contributed by atoms with van der Waals surface area (Å²) >= 11 is 0. The summed E-state index contributed by atoms with van der Waals surface area (Å²) in [6.07, 6.45) is 23.9. The van der Waals surface area contributed by atoms with E-state index in [9.17, 15) is 0 Å². The smallest absolute Gasteiger partial charge is 0.183 e. The Morgan fingerprint density at radius 3 is 1.42 bits per heavy atom. The molecule has 0 unspecified atom stereocenters. The Morgan fingerprint density at radius 1 is 0.708 bits per heavy atom. The molecular weight excluding hydrogens is 320 g/mol. The molecule has 0 saturated carbocycles. The molecule has 0 fully saturated rings. The van der Waals surface area contributed by atoms with E-state index in [0.29, 0.717) is 0 Å². The van der Waals surface area contributed by atoms with Crippen molar-refractivity contribution in [2.45, 2.75) is 96.8 Å². The fraction of sp³-hybridized carbons (Fsp3) is 0.842. The molecule has 0 saturated heterocycles. The van der Waals surface area contributed by atoms with Gasteiger partial charge in [-0.2, -0.15) is 0 Å². The first-order valence-electron chi connectivity index (χ1n) is 9.59. The summed E-state index contributed by atoms with van der Waals surface area (Å²) in [5, 5.41) is 6.06. The summed E-state index contributed by atoms with van der Waals surface area (Å²) in [5.74, 6) is -0.333. The number of nitrogens with one attached hydrogen (secondary N) is 1. The molecule has 0 atom stereocenters. The van der Waals surface area contributed by atoms with Crippen molar-refractivity contribution in [1.29, 1.82) is 5.41 Å². The summed E-state index contributed by atoms with van der Waals surface area (Å²) in [5.41, 5.74) is 14.4. The fourth-order valence-corrected chi connectivity index (χ4v) is 2.39. The summed E-state index contributed by atoms with van der Waals surface area (Å²) in [4.78, 5) is 0. The molecule has 0 heterocycles. The molecule has 24 heavy (non-hydrogen) atoms. The Kier molecular flexibility index (Phi) is 31.7. The lowest BCUT2D eigenvalue weighted by Gasteiger charge is -1.99. The Balaban J connectivity index is -0.000000787. The highest BCUT2D eigenvalue weighted by Crippen LogP contribution is 2.09. The van der Waals surface area contributed by atoms with Crippen LogP contribution in [-0.2, 0) is 0 Å². The van der Waals surface area contributed by atoms with Gasteiger partial charge in [-0.25, -0.2) is 0 Å². The van der Waals surface area contributed by atoms with Crippen LogP contribution in [0.2, 0.25) is 0 Å². The molecule has 146 valence electrons. The first-order chi connectivity index (χ1) is 11.1. The van der Waals surface area contributed by atoms with Crippen molar-refractivity contribution in [2.75, 3.05) is 6.54 Å². The van der Waals surface area contributed by atoms with Crippen molar-refractivity contribution < 1.29 is 0 Å². The molecule has 7 N–H and O–H groups in total. The molecule has 0 spiro atoms. The van der Waals surface area contributed by atoms with Gasteiger partial charge < -0.3 is 17.2 Å². The van der Waals surface area contributed by atoms with Crippen molar-refractivity contribution in [3.8, 4) is 0 Å². The van der Waals surface area contributed by atoms with Crippen LogP contribution in [0.3, 0.4) is 0 Å². The van der Waals surface area contributed by atoms with E-state index >= 15 is 0 Å². The maximum atomic E-state index is 6.06. The minimum Gasteiger partial charge on any atom is -0.370 e. The summed E-state index contributed by atoms with van der Waals surface area (Å²) in [6.45, 7) is 3.14. The zero-order valence-electron chi connectivity index (χ0n) is 15.9. The zero-order valence-corrected chi connectivity index (χ0v) is 16.7. The molecule has 0 aromatic carbocycles. The predicted octanol–water partition coefficient (Wildman–Crippen LogP) is 5.24. The molecule has 0 aliphatic carbocycles. The Morgan fingerprint density at radius 2 is 1.04 bits per heavy atom. The number of unbranched alkanes of at least 4 members (excludes halogenated alkanes) is 12. The van der Waals surface area contributed by atoms with Gasteiger partial charge in [-0.15, -0.1) is 12.4 Å². The van der Waals surface area contributed by atoms with Crippen LogP contribution >= 0.6 is 12.4 Å². The zero-order chi connectivity index (χ0) is 17.6. The van der Waals surface area contributed by atoms with Gasteiger partial charge in [0.1, 0.15) is 0 Å². The number of allylic oxidation sites excluding steroid dienone is 2. The van der Waals surface area contributed by atoms with E-state index in [-0.39, 0.29) is 18.4 Å². The van der Waals surface area contributed by atoms with Crippen molar-refractivity contribution >= 4 is 18.4 Å². The number of halogens is 1. The van der Waals surface area contributed by atoms with Crippen LogP contribution in [0.15, 0.2) is 12.2 Å². The maximum absolute atomic E-state index is 6.06. The van der Waals surface area contributed by atoms with Crippen LogP contribution in [0.1, 0.15) is 96.8 Å². The second-order valence-electron chi connectivity index (χ2n) is 6.18. The number of hydrogen-bond acceptors (Lipinski definition) is 2. The molecule has 0 aliphatic heterocycles. The standard InChI is InChI=1S/C18H37N.CH5N3.ClH/c1-2-3-4-5-6-7-8-9-10-11-12-13-14-15-16-17-18-19;2-1(3)4;/h9-10H,2-8,11-19H2,1H3;(H5,2,3,4);1H/b10-9-;;. The highest BCUT2D eigenvalue weighted by molar-refractivity contribution is 5.85. The predicted molar refractivity (Wildman–Crippen MR) is 112 cm³/mol. The lowest BCUT2D eigenvalue weighted by atomic mass is 10.1. The van der Waals surface area contributed by atoms with E-state index in [1.807, 2.05) is 0 Å².